The van der Waals surface area contributed by atoms with E-state index in [4.69, 9.17) is 4.74 Å². The van der Waals surface area contributed by atoms with Gasteiger partial charge in [0.05, 0.1) is 18.5 Å². The van der Waals surface area contributed by atoms with Gasteiger partial charge in [0.15, 0.2) is 6.10 Å². The van der Waals surface area contributed by atoms with Gasteiger partial charge in [-0.3, -0.25) is 9.10 Å². The van der Waals surface area contributed by atoms with Crippen LogP contribution in [0.5, 0.6) is 5.75 Å². The molecular weight excluding hydrogens is 378 g/mol. The normalized spacial score (nSPS) is 21.8. The quantitative estimate of drug-likeness (QED) is 0.822. The minimum absolute atomic E-state index is 0.0160. The van der Waals surface area contributed by atoms with Gasteiger partial charge in [-0.2, -0.15) is 0 Å². The summed E-state index contributed by atoms with van der Waals surface area (Å²) in [4.78, 5) is 15.0. The zero-order valence-corrected chi connectivity index (χ0v) is 18.2. The molecule has 0 radical (unpaired) electrons. The molecule has 2 aliphatic heterocycles. The van der Waals surface area contributed by atoms with E-state index in [1.165, 1.54) is 4.31 Å². The second-order valence-corrected chi connectivity index (χ2v) is 10.8. The highest BCUT2D eigenvalue weighted by Crippen LogP contribution is 2.38. The standard InChI is InChI=1S/C20H31N3O4S/c1-20(2,3)14-6-7-17-16(12-14)23(28(5,25)26)13-18(27-17)19(24)21-15-8-10-22(4)11-9-15/h6-7,12,15,18H,8-11,13H2,1-5H3,(H,21,24). The third-order valence-corrected chi connectivity index (χ3v) is 6.60. The van der Waals surface area contributed by atoms with Crippen LogP contribution in [0.15, 0.2) is 18.2 Å². The first-order chi connectivity index (χ1) is 12.9. The zero-order chi connectivity index (χ0) is 20.7. The predicted octanol–water partition coefficient (Wildman–Crippen LogP) is 1.72. The Balaban J connectivity index is 1.83. The SMILES string of the molecule is CN1CCC(NC(=O)C2CN(S(C)(=O)=O)c3cc(C(C)(C)C)ccc3O2)CC1. The molecule has 1 N–H and O–H groups in total. The number of benzene rings is 1. The van der Waals surface area contributed by atoms with Gasteiger partial charge in [0.25, 0.3) is 5.91 Å². The summed E-state index contributed by atoms with van der Waals surface area (Å²) in [6, 6.07) is 5.64. The third-order valence-electron chi connectivity index (χ3n) is 5.45. The molecule has 0 aromatic heterocycles. The van der Waals surface area contributed by atoms with Crippen LogP contribution >= 0.6 is 0 Å². The molecule has 0 saturated carbocycles. The Morgan fingerprint density at radius 1 is 1.21 bits per heavy atom. The molecule has 2 aliphatic rings. The lowest BCUT2D eigenvalue weighted by atomic mass is 9.86. The molecule has 3 rings (SSSR count). The molecule has 7 nitrogen and oxygen atoms in total. The summed E-state index contributed by atoms with van der Waals surface area (Å²) in [5.41, 5.74) is 1.39. The number of nitrogens with zero attached hydrogens (tertiary/aromatic N) is 2. The monoisotopic (exact) mass is 409 g/mol. The average Bonchev–Trinajstić information content (AvgIpc) is 2.60. The van der Waals surface area contributed by atoms with E-state index in [2.05, 4.69) is 38.0 Å². The highest BCUT2D eigenvalue weighted by molar-refractivity contribution is 7.92. The predicted molar refractivity (Wildman–Crippen MR) is 110 cm³/mol. The van der Waals surface area contributed by atoms with Crippen LogP contribution in [0.1, 0.15) is 39.2 Å². The highest BCUT2D eigenvalue weighted by atomic mass is 32.2. The maximum atomic E-state index is 12.8. The van der Waals surface area contributed by atoms with Crippen LogP contribution in [0.25, 0.3) is 0 Å². The highest BCUT2D eigenvalue weighted by Gasteiger charge is 2.36. The van der Waals surface area contributed by atoms with Crippen molar-refractivity contribution in [3.8, 4) is 5.75 Å². The minimum Gasteiger partial charge on any atom is -0.476 e. The second kappa shape index (κ2) is 7.55. The van der Waals surface area contributed by atoms with Gasteiger partial charge in [-0.05, 0) is 56.1 Å². The van der Waals surface area contributed by atoms with Crippen LogP contribution in [0.3, 0.4) is 0 Å². The molecule has 1 fully saturated rings. The largest absolute Gasteiger partial charge is 0.476 e. The molecule has 0 bridgehead atoms. The van der Waals surface area contributed by atoms with E-state index < -0.39 is 16.1 Å². The van der Waals surface area contributed by atoms with Crippen LogP contribution in [-0.2, 0) is 20.2 Å². The molecule has 2 heterocycles. The van der Waals surface area contributed by atoms with Crippen molar-refractivity contribution < 1.29 is 17.9 Å². The van der Waals surface area contributed by atoms with Crippen molar-refractivity contribution >= 4 is 21.6 Å². The lowest BCUT2D eigenvalue weighted by Gasteiger charge is -2.36. The molecule has 1 amide bonds. The molecule has 1 unspecified atom stereocenters. The number of hydrogen-bond donors (Lipinski definition) is 1. The van der Waals surface area contributed by atoms with Crippen molar-refractivity contribution in [1.82, 2.24) is 10.2 Å². The number of nitrogens with one attached hydrogen (secondary N) is 1. The molecule has 1 aromatic carbocycles. The van der Waals surface area contributed by atoms with E-state index in [9.17, 15) is 13.2 Å². The fourth-order valence-electron chi connectivity index (χ4n) is 3.62. The number of fused-ring (bicyclic) bond motifs is 1. The van der Waals surface area contributed by atoms with Crippen molar-refractivity contribution in [2.75, 3.05) is 37.2 Å². The summed E-state index contributed by atoms with van der Waals surface area (Å²) >= 11 is 0. The smallest absolute Gasteiger partial charge is 0.263 e. The van der Waals surface area contributed by atoms with Crippen molar-refractivity contribution in [2.24, 2.45) is 0 Å². The topological polar surface area (TPSA) is 79.0 Å². The van der Waals surface area contributed by atoms with E-state index in [-0.39, 0.29) is 23.9 Å². The zero-order valence-electron chi connectivity index (χ0n) is 17.4. The Morgan fingerprint density at radius 2 is 1.86 bits per heavy atom. The first-order valence-electron chi connectivity index (χ1n) is 9.73. The summed E-state index contributed by atoms with van der Waals surface area (Å²) in [7, 11) is -1.48. The number of anilines is 1. The third kappa shape index (κ3) is 4.60. The van der Waals surface area contributed by atoms with Crippen LogP contribution in [-0.4, -0.2) is 64.3 Å². The molecule has 8 heteroatoms. The van der Waals surface area contributed by atoms with Crippen molar-refractivity contribution in [1.29, 1.82) is 0 Å². The van der Waals surface area contributed by atoms with Gasteiger partial charge in [-0.15, -0.1) is 0 Å². The van der Waals surface area contributed by atoms with Gasteiger partial charge in [0.2, 0.25) is 10.0 Å². The maximum Gasteiger partial charge on any atom is 0.263 e. The number of carbonyl (C=O) groups is 1. The fraction of sp³-hybridized carbons (Fsp3) is 0.650. The molecule has 0 aliphatic carbocycles. The Labute approximate surface area is 168 Å². The second-order valence-electron chi connectivity index (χ2n) is 8.92. The summed E-state index contributed by atoms with van der Waals surface area (Å²) in [6.45, 7) is 8.07. The van der Waals surface area contributed by atoms with Gasteiger partial charge >= 0.3 is 0 Å². The van der Waals surface area contributed by atoms with Crippen LogP contribution in [0, 0.1) is 0 Å². The first-order valence-corrected chi connectivity index (χ1v) is 11.6. The molecule has 1 atom stereocenters. The van der Waals surface area contributed by atoms with Gasteiger partial charge in [-0.1, -0.05) is 26.8 Å². The summed E-state index contributed by atoms with van der Waals surface area (Å²) in [6.07, 6.45) is 2.08. The van der Waals surface area contributed by atoms with Crippen molar-refractivity contribution in [3.63, 3.8) is 0 Å². The average molecular weight is 410 g/mol. The molecule has 0 spiro atoms. The minimum atomic E-state index is -3.54. The number of carbonyl (C=O) groups excluding carboxylic acids is 1. The Bertz CT molecular complexity index is 839. The van der Waals surface area contributed by atoms with Gasteiger partial charge in [0.1, 0.15) is 5.75 Å². The molecular formula is C20H31N3O4S. The van der Waals surface area contributed by atoms with Crippen LogP contribution < -0.4 is 14.4 Å². The fourth-order valence-corrected chi connectivity index (χ4v) is 4.52. The van der Waals surface area contributed by atoms with Gasteiger partial charge < -0.3 is 15.0 Å². The maximum absolute atomic E-state index is 12.8. The molecule has 156 valence electrons. The van der Waals surface area contributed by atoms with Gasteiger partial charge in [-0.25, -0.2) is 8.42 Å². The Morgan fingerprint density at radius 3 is 2.43 bits per heavy atom. The number of piperidine rings is 1. The molecule has 1 saturated heterocycles. The first kappa shape index (κ1) is 20.9. The lowest BCUT2D eigenvalue weighted by molar-refractivity contribution is -0.128. The van der Waals surface area contributed by atoms with Crippen molar-refractivity contribution in [2.45, 2.75) is 51.2 Å². The Hall–Kier alpha value is -1.80. The molecule has 1 aromatic rings. The van der Waals surface area contributed by atoms with E-state index in [1.54, 1.807) is 6.07 Å². The van der Waals surface area contributed by atoms with E-state index in [0.717, 1.165) is 37.8 Å². The molecule has 28 heavy (non-hydrogen) atoms. The number of amides is 1. The summed E-state index contributed by atoms with van der Waals surface area (Å²) < 4.78 is 32.1. The van der Waals surface area contributed by atoms with Crippen LogP contribution in [0.2, 0.25) is 0 Å². The van der Waals surface area contributed by atoms with Gasteiger partial charge in [0, 0.05) is 6.04 Å². The summed E-state index contributed by atoms with van der Waals surface area (Å²) in [5.74, 6) is 0.168. The van der Waals surface area contributed by atoms with E-state index in [1.807, 2.05) is 12.1 Å². The van der Waals surface area contributed by atoms with Crippen molar-refractivity contribution in [3.05, 3.63) is 23.8 Å². The summed E-state index contributed by atoms with van der Waals surface area (Å²) in [5, 5.41) is 3.04. The van der Waals surface area contributed by atoms with E-state index >= 15 is 0 Å². The number of rotatable bonds is 3. The lowest BCUT2D eigenvalue weighted by Crippen LogP contribution is -2.53. The number of hydrogen-bond acceptors (Lipinski definition) is 5. The number of ether oxygens (including phenoxy) is 1. The van der Waals surface area contributed by atoms with E-state index in [0.29, 0.717) is 11.4 Å². The number of sulfonamides is 1. The Kier molecular flexibility index (Phi) is 5.64. The van der Waals surface area contributed by atoms with Crippen LogP contribution in [0.4, 0.5) is 5.69 Å². The number of likely N-dealkylation sites (tertiary alicyclic amines) is 1.